The van der Waals surface area contributed by atoms with Gasteiger partial charge in [-0.15, -0.1) is 11.3 Å². The minimum atomic E-state index is -0.516. The van der Waals surface area contributed by atoms with Crippen molar-refractivity contribution in [3.05, 3.63) is 75.6 Å². The number of carbonyl (C=O) groups is 2. The molecule has 1 N–H and O–H groups in total. The van der Waals surface area contributed by atoms with E-state index in [0.29, 0.717) is 32.9 Å². The second-order valence-corrected chi connectivity index (χ2v) is 9.17. The molecule has 0 bridgehead atoms. The SMILES string of the molecule is COC(=O)c1sc2nc(CN(C)[C@@H](C)c3ccon3)ccc2c1NC(=O)c1cccc(C)c1C. The number of thiophene rings is 1. The molecule has 4 rings (SSSR count). The lowest BCUT2D eigenvalue weighted by Crippen LogP contribution is -2.22. The number of fused-ring (bicyclic) bond motifs is 1. The monoisotopic (exact) mass is 478 g/mol. The fourth-order valence-electron chi connectivity index (χ4n) is 3.70. The Morgan fingerprint density at radius 1 is 1.21 bits per heavy atom. The fraction of sp³-hybridized carbons (Fsp3) is 0.280. The quantitative estimate of drug-likeness (QED) is 0.368. The topological polar surface area (TPSA) is 97.6 Å². The van der Waals surface area contributed by atoms with Crippen LogP contribution in [0.3, 0.4) is 0 Å². The number of pyridine rings is 1. The van der Waals surface area contributed by atoms with Gasteiger partial charge in [0.15, 0.2) is 0 Å². The number of nitrogens with zero attached hydrogens (tertiary/aromatic N) is 3. The van der Waals surface area contributed by atoms with E-state index in [0.717, 1.165) is 22.5 Å². The molecule has 9 heteroatoms. The number of anilines is 1. The number of ether oxygens (including phenoxy) is 1. The van der Waals surface area contributed by atoms with Gasteiger partial charge in [0.1, 0.15) is 21.7 Å². The number of esters is 1. The van der Waals surface area contributed by atoms with Gasteiger partial charge < -0.3 is 14.6 Å². The summed E-state index contributed by atoms with van der Waals surface area (Å²) in [6, 6.07) is 11.2. The maximum Gasteiger partial charge on any atom is 0.350 e. The smallest absolute Gasteiger partial charge is 0.350 e. The molecular weight excluding hydrogens is 452 g/mol. The summed E-state index contributed by atoms with van der Waals surface area (Å²) in [6.07, 6.45) is 1.55. The average Bonchev–Trinajstić information content (AvgIpc) is 3.48. The zero-order chi connectivity index (χ0) is 24.4. The maximum atomic E-state index is 13.1. The number of methoxy groups -OCH3 is 1. The fourth-order valence-corrected chi connectivity index (χ4v) is 4.77. The van der Waals surface area contributed by atoms with Gasteiger partial charge in [-0.05, 0) is 57.1 Å². The van der Waals surface area contributed by atoms with Crippen LogP contribution in [0, 0.1) is 13.8 Å². The normalized spacial score (nSPS) is 12.2. The number of amides is 1. The van der Waals surface area contributed by atoms with Crippen LogP contribution in [-0.2, 0) is 11.3 Å². The standard InChI is InChI=1S/C25H26N4O4S/c1-14-7-6-8-18(15(14)2)23(30)27-21-19-10-9-17(26-24(19)34-22(21)25(31)32-5)13-29(4)16(3)20-11-12-33-28-20/h6-12,16H,13H2,1-5H3,(H,27,30)/t16-/m0/s1. The van der Waals surface area contributed by atoms with E-state index in [1.54, 1.807) is 12.3 Å². The second kappa shape index (κ2) is 9.74. The molecule has 0 radical (unpaired) electrons. The van der Waals surface area contributed by atoms with Crippen LogP contribution >= 0.6 is 11.3 Å². The Morgan fingerprint density at radius 2 is 2.00 bits per heavy atom. The van der Waals surface area contributed by atoms with Crippen molar-refractivity contribution in [1.29, 1.82) is 0 Å². The Morgan fingerprint density at radius 3 is 2.71 bits per heavy atom. The molecule has 0 aliphatic rings. The molecule has 4 aromatic rings. The summed E-state index contributed by atoms with van der Waals surface area (Å²) in [7, 11) is 3.30. The number of aromatic nitrogens is 2. The third kappa shape index (κ3) is 4.57. The molecule has 176 valence electrons. The number of benzene rings is 1. The first-order valence-corrected chi connectivity index (χ1v) is 11.6. The van der Waals surface area contributed by atoms with Crippen LogP contribution < -0.4 is 5.32 Å². The predicted octanol–water partition coefficient (Wildman–Crippen LogP) is 5.13. The van der Waals surface area contributed by atoms with E-state index in [9.17, 15) is 9.59 Å². The number of hydrogen-bond acceptors (Lipinski definition) is 8. The van der Waals surface area contributed by atoms with E-state index in [1.807, 2.05) is 58.2 Å². The molecule has 1 atom stereocenters. The Labute approximate surface area is 201 Å². The van der Waals surface area contributed by atoms with Crippen molar-refractivity contribution in [2.75, 3.05) is 19.5 Å². The highest BCUT2D eigenvalue weighted by molar-refractivity contribution is 7.21. The van der Waals surface area contributed by atoms with E-state index in [1.165, 1.54) is 18.4 Å². The van der Waals surface area contributed by atoms with Gasteiger partial charge in [0.2, 0.25) is 0 Å². The van der Waals surface area contributed by atoms with E-state index in [-0.39, 0.29) is 11.9 Å². The van der Waals surface area contributed by atoms with Crippen molar-refractivity contribution in [2.45, 2.75) is 33.4 Å². The lowest BCUT2D eigenvalue weighted by atomic mass is 10.0. The molecule has 1 aromatic carbocycles. The third-order valence-corrected chi connectivity index (χ3v) is 7.11. The molecule has 3 heterocycles. The first-order chi connectivity index (χ1) is 16.3. The van der Waals surface area contributed by atoms with Gasteiger partial charge in [0.05, 0.1) is 24.5 Å². The highest BCUT2D eigenvalue weighted by Gasteiger charge is 2.23. The van der Waals surface area contributed by atoms with Crippen LogP contribution in [0.5, 0.6) is 0 Å². The molecule has 0 unspecified atom stereocenters. The van der Waals surface area contributed by atoms with Gasteiger partial charge in [-0.3, -0.25) is 9.69 Å². The minimum absolute atomic E-state index is 0.0395. The number of carbonyl (C=O) groups excluding carboxylic acids is 2. The summed E-state index contributed by atoms with van der Waals surface area (Å²) < 4.78 is 9.92. The van der Waals surface area contributed by atoms with Gasteiger partial charge in [-0.2, -0.15) is 0 Å². The number of rotatable bonds is 7. The molecule has 0 fully saturated rings. The molecule has 0 spiro atoms. The zero-order valence-electron chi connectivity index (χ0n) is 19.7. The average molecular weight is 479 g/mol. The molecule has 0 aliphatic heterocycles. The highest BCUT2D eigenvalue weighted by atomic mass is 32.1. The largest absolute Gasteiger partial charge is 0.465 e. The van der Waals surface area contributed by atoms with Crippen molar-refractivity contribution in [3.63, 3.8) is 0 Å². The van der Waals surface area contributed by atoms with Crippen molar-refractivity contribution in [1.82, 2.24) is 15.0 Å². The van der Waals surface area contributed by atoms with Crippen molar-refractivity contribution >= 4 is 39.1 Å². The number of hydrogen-bond donors (Lipinski definition) is 1. The van der Waals surface area contributed by atoms with Crippen molar-refractivity contribution in [3.8, 4) is 0 Å². The summed E-state index contributed by atoms with van der Waals surface area (Å²) >= 11 is 1.20. The molecular formula is C25H26N4O4S. The maximum absolute atomic E-state index is 13.1. The zero-order valence-corrected chi connectivity index (χ0v) is 20.5. The summed E-state index contributed by atoms with van der Waals surface area (Å²) in [5, 5.41) is 7.64. The van der Waals surface area contributed by atoms with Crippen LogP contribution in [-0.4, -0.2) is 41.1 Å². The first kappa shape index (κ1) is 23.6. The third-order valence-electron chi connectivity index (χ3n) is 6.03. The van der Waals surface area contributed by atoms with Gasteiger partial charge in [-0.1, -0.05) is 17.3 Å². The lowest BCUT2D eigenvalue weighted by molar-refractivity contribution is 0.0607. The van der Waals surface area contributed by atoms with Crippen molar-refractivity contribution in [2.24, 2.45) is 0 Å². The van der Waals surface area contributed by atoms with E-state index >= 15 is 0 Å². The van der Waals surface area contributed by atoms with E-state index in [4.69, 9.17) is 14.2 Å². The van der Waals surface area contributed by atoms with Gasteiger partial charge in [0.25, 0.3) is 5.91 Å². The Balaban J connectivity index is 1.65. The van der Waals surface area contributed by atoms with E-state index < -0.39 is 5.97 Å². The molecule has 34 heavy (non-hydrogen) atoms. The van der Waals surface area contributed by atoms with Crippen molar-refractivity contribution < 1.29 is 18.8 Å². The first-order valence-electron chi connectivity index (χ1n) is 10.8. The molecule has 1 amide bonds. The van der Waals surface area contributed by atoms with Crippen LogP contribution in [0.4, 0.5) is 5.69 Å². The van der Waals surface area contributed by atoms with Crippen LogP contribution in [0.15, 0.2) is 47.2 Å². The minimum Gasteiger partial charge on any atom is -0.465 e. The highest BCUT2D eigenvalue weighted by Crippen LogP contribution is 2.36. The van der Waals surface area contributed by atoms with Crippen LogP contribution in [0.1, 0.15) is 55.5 Å². The molecule has 0 saturated carbocycles. The molecule has 8 nitrogen and oxygen atoms in total. The summed E-state index contributed by atoms with van der Waals surface area (Å²) in [6.45, 7) is 6.47. The van der Waals surface area contributed by atoms with Gasteiger partial charge in [0, 0.05) is 23.6 Å². The summed E-state index contributed by atoms with van der Waals surface area (Å²) in [4.78, 5) is 33.4. The predicted molar refractivity (Wildman–Crippen MR) is 131 cm³/mol. The Bertz CT molecular complexity index is 1350. The van der Waals surface area contributed by atoms with E-state index in [2.05, 4.69) is 15.4 Å². The second-order valence-electron chi connectivity index (χ2n) is 8.17. The number of nitrogens with one attached hydrogen (secondary N) is 1. The molecule has 3 aromatic heterocycles. The van der Waals surface area contributed by atoms with Gasteiger partial charge >= 0.3 is 5.97 Å². The Hall–Kier alpha value is -3.56. The summed E-state index contributed by atoms with van der Waals surface area (Å²) in [5.74, 6) is -0.797. The lowest BCUT2D eigenvalue weighted by Gasteiger charge is -2.22. The summed E-state index contributed by atoms with van der Waals surface area (Å²) in [5.41, 5.74) is 4.55. The molecule has 0 saturated heterocycles. The van der Waals surface area contributed by atoms with Crippen LogP contribution in [0.2, 0.25) is 0 Å². The van der Waals surface area contributed by atoms with Gasteiger partial charge in [-0.25, -0.2) is 9.78 Å². The number of aryl methyl sites for hydroxylation is 1. The Kier molecular flexibility index (Phi) is 6.76. The van der Waals surface area contributed by atoms with Crippen LogP contribution in [0.25, 0.3) is 10.2 Å². The molecule has 0 aliphatic carbocycles.